The molecule has 3 N–H and O–H groups in total. The summed E-state index contributed by atoms with van der Waals surface area (Å²) in [5, 5.41) is 20.5. The van der Waals surface area contributed by atoms with Crippen LogP contribution >= 0.6 is 0 Å². The van der Waals surface area contributed by atoms with Gasteiger partial charge < -0.3 is 34.1 Å². The van der Waals surface area contributed by atoms with Crippen molar-refractivity contribution in [2.75, 3.05) is 58.6 Å². The summed E-state index contributed by atoms with van der Waals surface area (Å²) in [5.41, 5.74) is 4.03. The molecule has 1 fully saturated rings. The first kappa shape index (κ1) is 38.0. The quantitative estimate of drug-likeness (QED) is 0.125. The van der Waals surface area contributed by atoms with Crippen LogP contribution in [0.2, 0.25) is 0 Å². The van der Waals surface area contributed by atoms with Gasteiger partial charge in [-0.1, -0.05) is 48.5 Å². The molecular formula is C38H50N4O9. The van der Waals surface area contributed by atoms with E-state index >= 15 is 0 Å². The van der Waals surface area contributed by atoms with Crippen molar-refractivity contribution in [2.24, 2.45) is 0 Å². The number of methoxy groups -OCH3 is 2. The lowest BCUT2D eigenvalue weighted by molar-refractivity contribution is -0.492. The van der Waals surface area contributed by atoms with Crippen LogP contribution in [0.3, 0.4) is 0 Å². The van der Waals surface area contributed by atoms with Crippen LogP contribution in [0.15, 0.2) is 72.8 Å². The predicted octanol–water partition coefficient (Wildman–Crippen LogP) is 4.70. The van der Waals surface area contributed by atoms with E-state index in [1.165, 1.54) is 0 Å². The van der Waals surface area contributed by atoms with E-state index in [9.17, 15) is 9.59 Å². The highest BCUT2D eigenvalue weighted by atomic mass is 17.1. The van der Waals surface area contributed by atoms with Crippen LogP contribution in [0.25, 0.3) is 0 Å². The molecule has 5 rings (SSSR count). The number of likely N-dealkylation sites (tertiary alicyclic amines) is 1. The Morgan fingerprint density at radius 2 is 1.78 bits per heavy atom. The summed E-state index contributed by atoms with van der Waals surface area (Å²) in [6.07, 6.45) is 1.51. The van der Waals surface area contributed by atoms with Gasteiger partial charge in [0.15, 0.2) is 0 Å². The van der Waals surface area contributed by atoms with Crippen LogP contribution in [0.4, 0.5) is 5.69 Å². The fourth-order valence-electron chi connectivity index (χ4n) is 6.75. The van der Waals surface area contributed by atoms with Crippen molar-refractivity contribution >= 4 is 17.5 Å². The first-order valence-corrected chi connectivity index (χ1v) is 17.5. The minimum atomic E-state index is -0.394. The third-order valence-corrected chi connectivity index (χ3v) is 9.38. The maximum absolute atomic E-state index is 13.8. The number of rotatable bonds is 18. The number of ether oxygens (including phenoxy) is 4. The number of benzene rings is 3. The van der Waals surface area contributed by atoms with Crippen molar-refractivity contribution in [3.8, 4) is 11.5 Å². The Hall–Kier alpha value is -4.24. The Balaban J connectivity index is 1.35. The first-order valence-electron chi connectivity index (χ1n) is 17.5. The molecule has 3 atom stereocenters. The monoisotopic (exact) mass is 706 g/mol. The van der Waals surface area contributed by atoms with Gasteiger partial charge in [0.1, 0.15) is 18.1 Å². The van der Waals surface area contributed by atoms with Gasteiger partial charge in [0, 0.05) is 58.2 Å². The number of carbonyl (C=O) groups is 2. The van der Waals surface area contributed by atoms with Gasteiger partial charge in [0.2, 0.25) is 11.8 Å². The van der Waals surface area contributed by atoms with Crippen LogP contribution in [-0.2, 0) is 37.1 Å². The highest BCUT2D eigenvalue weighted by Crippen LogP contribution is 2.38. The second-order valence-electron chi connectivity index (χ2n) is 12.8. The van der Waals surface area contributed by atoms with Gasteiger partial charge in [0.25, 0.3) is 0 Å². The first-order chi connectivity index (χ1) is 24.8. The van der Waals surface area contributed by atoms with Crippen LogP contribution < -0.4 is 19.7 Å². The minimum Gasteiger partial charge on any atom is -0.497 e. The van der Waals surface area contributed by atoms with Gasteiger partial charge in [-0.3, -0.25) is 24.8 Å². The van der Waals surface area contributed by atoms with E-state index < -0.39 is 6.04 Å². The highest BCUT2D eigenvalue weighted by Gasteiger charge is 2.40. The third kappa shape index (κ3) is 11.1. The number of anilines is 1. The molecule has 51 heavy (non-hydrogen) atoms. The molecule has 2 aliphatic rings. The van der Waals surface area contributed by atoms with Crippen molar-refractivity contribution in [3.63, 3.8) is 0 Å². The maximum atomic E-state index is 13.8. The van der Waals surface area contributed by atoms with E-state index in [-0.39, 0.29) is 61.6 Å². The zero-order valence-corrected chi connectivity index (χ0v) is 29.4. The van der Waals surface area contributed by atoms with Crippen molar-refractivity contribution in [1.82, 2.24) is 15.6 Å². The Morgan fingerprint density at radius 1 is 0.980 bits per heavy atom. The molecule has 1 saturated heterocycles. The van der Waals surface area contributed by atoms with Crippen LogP contribution in [-0.4, -0.2) is 98.3 Å². The van der Waals surface area contributed by atoms with E-state index in [2.05, 4.69) is 21.1 Å². The van der Waals surface area contributed by atoms with Crippen LogP contribution in [0.1, 0.15) is 54.7 Å². The van der Waals surface area contributed by atoms with Crippen LogP contribution in [0.5, 0.6) is 11.5 Å². The van der Waals surface area contributed by atoms with E-state index in [0.29, 0.717) is 32.8 Å². The smallest absolute Gasteiger partial charge is 0.223 e. The van der Waals surface area contributed by atoms with Gasteiger partial charge in [-0.25, -0.2) is 0 Å². The number of nitrogens with one attached hydrogen (secondary N) is 1. The Labute approximate surface area is 299 Å². The molecule has 3 aromatic carbocycles. The fraction of sp³-hybridized carbons (Fsp3) is 0.474. The summed E-state index contributed by atoms with van der Waals surface area (Å²) in [6.45, 7) is 3.87. The number of carbonyl (C=O) groups excluding carboxylic acids is 2. The summed E-state index contributed by atoms with van der Waals surface area (Å²) in [5.74, 6) is 1.15. The lowest BCUT2D eigenvalue weighted by Crippen LogP contribution is -2.53. The SMILES string of the molecule is COCCCN1CCOc2ccc(COC3CN(C(=O)CCCON(O)O)C(CC(=O)NCc4ccccc4)CC3c3ccc(OC)cc3)cc21. The zero-order chi connectivity index (χ0) is 36.0. The molecule has 0 aliphatic carbocycles. The molecule has 2 amide bonds. The van der Waals surface area contributed by atoms with Crippen molar-refractivity contribution in [2.45, 2.75) is 63.3 Å². The van der Waals surface area contributed by atoms with Gasteiger partial charge >= 0.3 is 0 Å². The van der Waals surface area contributed by atoms with E-state index in [1.54, 1.807) is 19.1 Å². The van der Waals surface area contributed by atoms with Crippen molar-refractivity contribution in [3.05, 3.63) is 89.5 Å². The summed E-state index contributed by atoms with van der Waals surface area (Å²) in [6, 6.07) is 23.3. The maximum Gasteiger partial charge on any atom is 0.223 e. The largest absolute Gasteiger partial charge is 0.497 e. The molecule has 0 aromatic heterocycles. The molecule has 0 radical (unpaired) electrons. The highest BCUT2D eigenvalue weighted by molar-refractivity contribution is 5.80. The minimum absolute atomic E-state index is 0.0618. The number of fused-ring (bicyclic) bond motifs is 1. The summed E-state index contributed by atoms with van der Waals surface area (Å²) in [7, 11) is 3.33. The number of piperidine rings is 1. The van der Waals surface area contributed by atoms with Gasteiger partial charge in [-0.05, 0) is 60.2 Å². The number of nitrogens with zero attached hydrogens (tertiary/aromatic N) is 3. The Kier molecular flexibility index (Phi) is 14.4. The number of hydrogen-bond donors (Lipinski definition) is 3. The lowest BCUT2D eigenvalue weighted by atomic mass is 9.81. The molecule has 0 saturated carbocycles. The molecular weight excluding hydrogens is 656 g/mol. The van der Waals surface area contributed by atoms with Gasteiger partial charge in [-0.15, -0.1) is 0 Å². The summed E-state index contributed by atoms with van der Waals surface area (Å²) in [4.78, 5) is 35.8. The number of hydrogen-bond acceptors (Lipinski definition) is 11. The third-order valence-electron chi connectivity index (χ3n) is 9.38. The topological polar surface area (TPSA) is 142 Å². The Morgan fingerprint density at radius 3 is 2.53 bits per heavy atom. The lowest BCUT2D eigenvalue weighted by Gasteiger charge is -2.44. The van der Waals surface area contributed by atoms with Gasteiger partial charge in [0.05, 0.1) is 44.0 Å². The van der Waals surface area contributed by atoms with Gasteiger partial charge in [-0.2, -0.15) is 0 Å². The standard InChI is InChI=1S/C38H50N4O9/c1-47-19-7-17-40-18-21-49-35-16-11-29(22-34(35)40)27-50-36-26-41(38(44)10-6-20-51-42(45)46)31(23-33(36)30-12-14-32(48-2)15-13-30)24-37(43)39-25-28-8-4-3-5-9-28/h3-5,8-9,11-16,22,31,33,36,45-46H,6-7,10,17-21,23-27H2,1-2H3,(H,39,43). The Bertz CT molecular complexity index is 1530. The second-order valence-corrected chi connectivity index (χ2v) is 12.8. The second kappa shape index (κ2) is 19.4. The molecule has 3 unspecified atom stereocenters. The molecule has 276 valence electrons. The molecule has 2 aliphatic heterocycles. The average Bonchev–Trinajstić information content (AvgIpc) is 3.15. The molecule has 0 spiro atoms. The van der Waals surface area contributed by atoms with Crippen molar-refractivity contribution in [1.29, 1.82) is 0 Å². The molecule has 3 aromatic rings. The molecule has 13 heteroatoms. The molecule has 13 nitrogen and oxygen atoms in total. The van der Waals surface area contributed by atoms with Crippen LogP contribution in [0, 0.1) is 0 Å². The van der Waals surface area contributed by atoms with E-state index in [4.69, 9.17) is 29.4 Å². The van der Waals surface area contributed by atoms with E-state index in [1.807, 2.05) is 66.7 Å². The molecule has 2 heterocycles. The van der Waals surface area contributed by atoms with Crippen molar-refractivity contribution < 1.29 is 43.8 Å². The number of amides is 2. The van der Waals surface area contributed by atoms with E-state index in [0.717, 1.165) is 53.4 Å². The summed E-state index contributed by atoms with van der Waals surface area (Å²) >= 11 is 0. The molecule has 0 bridgehead atoms. The average molecular weight is 707 g/mol. The fourth-order valence-corrected chi connectivity index (χ4v) is 6.75. The summed E-state index contributed by atoms with van der Waals surface area (Å²) < 4.78 is 23.3. The normalized spacial score (nSPS) is 18.6. The zero-order valence-electron chi connectivity index (χ0n) is 29.4. The predicted molar refractivity (Wildman–Crippen MR) is 189 cm³/mol.